The van der Waals surface area contributed by atoms with Crippen LogP contribution in [0.1, 0.15) is 355 Å². The van der Waals surface area contributed by atoms with E-state index in [4.69, 9.17) is 14.2 Å². The Morgan fingerprint density at radius 2 is 0.838 bits per heavy atom. The Hall–Kier alpha value is -3.25. The normalized spacial score (nSPS) is 16.8. The molecule has 18 heteroatoms. The van der Waals surface area contributed by atoms with Crippen molar-refractivity contribution >= 4 is 66.3 Å². The van der Waals surface area contributed by atoms with Crippen LogP contribution in [0.5, 0.6) is 0 Å². The van der Waals surface area contributed by atoms with Crippen LogP contribution in [0.25, 0.3) is 0 Å². The van der Waals surface area contributed by atoms with Crippen molar-refractivity contribution in [1.82, 2.24) is 0 Å². The monoisotopic (exact) mass is 1450 g/mol. The fourth-order valence-electron chi connectivity index (χ4n) is 7.41. The van der Waals surface area contributed by atoms with Gasteiger partial charge in [0.1, 0.15) is 35.0 Å². The molecule has 0 spiro atoms. The van der Waals surface area contributed by atoms with E-state index in [1.54, 1.807) is 90.0 Å². The average molecular weight is 1450 g/mol. The summed E-state index contributed by atoms with van der Waals surface area (Å²) in [5.74, 6) is 2.40. The van der Waals surface area contributed by atoms with E-state index in [0.717, 1.165) is 70.5 Å². The van der Waals surface area contributed by atoms with E-state index in [1.165, 1.54) is 19.8 Å². The molecule has 1 atom stereocenters. The number of carbonyl (C=O) groups is 8. The molecule has 590 valence electrons. The third-order valence-corrected chi connectivity index (χ3v) is 22.5. The molecule has 0 bridgehead atoms. The van der Waals surface area contributed by atoms with E-state index in [1.807, 2.05) is 159 Å². The third-order valence-electron chi connectivity index (χ3n) is 16.5. The van der Waals surface area contributed by atoms with E-state index >= 15 is 0 Å². The van der Waals surface area contributed by atoms with Gasteiger partial charge in [-0.05, 0) is 194 Å². The maximum atomic E-state index is 12.2. The highest BCUT2D eigenvalue weighted by molar-refractivity contribution is 7.93. The molecule has 5 fully saturated rings. The molecule has 1 heterocycles. The fourth-order valence-corrected chi connectivity index (χ4v) is 10.6. The molecule has 0 aromatic carbocycles. The van der Waals surface area contributed by atoms with E-state index in [0.29, 0.717) is 41.7 Å². The van der Waals surface area contributed by atoms with Crippen LogP contribution in [0.2, 0.25) is 0 Å². The fraction of sp³-hybridized carbons (Fsp3) is 0.901. The van der Waals surface area contributed by atoms with E-state index in [2.05, 4.69) is 27.7 Å². The zero-order valence-corrected chi connectivity index (χ0v) is 73.3. The number of hydrogen-bond acceptors (Lipinski definition) is 15. The largest absolute Gasteiger partial charge is 0.466 e. The maximum Gasteiger partial charge on any atom is 0.311 e. The molecule has 99 heavy (non-hydrogen) atoms. The minimum atomic E-state index is -2.91. The van der Waals surface area contributed by atoms with Crippen molar-refractivity contribution in [2.45, 2.75) is 387 Å². The first-order chi connectivity index (χ1) is 43.2. The van der Waals surface area contributed by atoms with Gasteiger partial charge in [-0.2, -0.15) is 0 Å². The van der Waals surface area contributed by atoms with Crippen molar-refractivity contribution in [2.75, 3.05) is 19.8 Å². The maximum absolute atomic E-state index is 12.2. The topological polar surface area (TPSA) is 233 Å². The smallest absolute Gasteiger partial charge is 0.311 e. The first-order valence-corrected chi connectivity index (χ1v) is 39.6. The van der Waals surface area contributed by atoms with Crippen molar-refractivity contribution in [2.24, 2.45) is 66.0 Å². The molecule has 0 amide bonds. The first-order valence-electron chi connectivity index (χ1n) is 36.5. The first kappa shape index (κ1) is 107. The molecular weight excluding hydrogens is 1300 g/mol. The molecular formula is C81H157FO15S2. The Morgan fingerprint density at radius 1 is 0.485 bits per heavy atom. The van der Waals surface area contributed by atoms with Crippen LogP contribution >= 0.6 is 0 Å². The molecule has 4 saturated carbocycles. The summed E-state index contributed by atoms with van der Waals surface area (Å²) >= 11 is 0. The van der Waals surface area contributed by atoms with Crippen molar-refractivity contribution < 1.29 is 73.8 Å². The van der Waals surface area contributed by atoms with Crippen molar-refractivity contribution in [1.29, 1.82) is 0 Å². The minimum Gasteiger partial charge on any atom is -0.466 e. The van der Waals surface area contributed by atoms with Crippen molar-refractivity contribution in [3.05, 3.63) is 0 Å². The van der Waals surface area contributed by atoms with E-state index < -0.39 is 40.8 Å². The van der Waals surface area contributed by atoms with Gasteiger partial charge < -0.3 is 14.2 Å². The second kappa shape index (κ2) is 42.6. The van der Waals surface area contributed by atoms with Gasteiger partial charge in [0.2, 0.25) is 0 Å². The molecule has 0 aromatic rings. The van der Waals surface area contributed by atoms with Gasteiger partial charge in [-0.3, -0.25) is 38.4 Å². The van der Waals surface area contributed by atoms with E-state index in [9.17, 15) is 59.6 Å². The number of sulfone groups is 2. The second-order valence-electron chi connectivity index (χ2n) is 39.1. The molecule has 1 aliphatic heterocycles. The number of ketones is 6. The van der Waals surface area contributed by atoms with Crippen LogP contribution in [0.4, 0.5) is 4.39 Å². The molecule has 1 saturated heterocycles. The van der Waals surface area contributed by atoms with Gasteiger partial charge in [0.25, 0.3) is 0 Å². The highest BCUT2D eigenvalue weighted by Gasteiger charge is 2.49. The highest BCUT2D eigenvalue weighted by Crippen LogP contribution is 2.49. The predicted octanol–water partition coefficient (Wildman–Crippen LogP) is 20.4. The number of rotatable bonds is 8. The Labute approximate surface area is 609 Å². The lowest BCUT2D eigenvalue weighted by molar-refractivity contribution is -0.158. The van der Waals surface area contributed by atoms with E-state index in [-0.39, 0.29) is 89.2 Å². The molecule has 0 aromatic heterocycles. The summed E-state index contributed by atoms with van der Waals surface area (Å²) in [5.41, 5.74) is -1.34. The van der Waals surface area contributed by atoms with Crippen LogP contribution in [0.15, 0.2) is 0 Å². The van der Waals surface area contributed by atoms with Gasteiger partial charge in [0.05, 0.1) is 50.6 Å². The summed E-state index contributed by atoms with van der Waals surface area (Å²) in [6, 6.07) is 0. The van der Waals surface area contributed by atoms with Crippen LogP contribution in [-0.2, 0) is 72.2 Å². The van der Waals surface area contributed by atoms with Gasteiger partial charge >= 0.3 is 11.9 Å². The summed E-state index contributed by atoms with van der Waals surface area (Å²) in [6.07, 6.45) is 10.3. The molecule has 15 nitrogen and oxygen atoms in total. The summed E-state index contributed by atoms with van der Waals surface area (Å²) in [6.45, 7) is 79.0. The number of halogens is 1. The lowest BCUT2D eigenvalue weighted by Gasteiger charge is -2.37. The second-order valence-corrected chi connectivity index (χ2v) is 45.3. The Morgan fingerprint density at radius 3 is 0.929 bits per heavy atom. The molecule has 0 radical (unpaired) electrons. The molecule has 4 aliphatic carbocycles. The van der Waals surface area contributed by atoms with Crippen molar-refractivity contribution in [3.63, 3.8) is 0 Å². The van der Waals surface area contributed by atoms with Crippen LogP contribution in [0, 0.1) is 66.0 Å². The number of carbonyl (C=O) groups excluding carboxylic acids is 8. The zero-order valence-electron chi connectivity index (χ0n) is 71.7. The standard InChI is InChI=1S/C10H18O2.C9H16O.C8H14O.C7H13FO.C7H14O2S.C7H16O2S.C7H14O2.2C7H14O.2C6H12O/c1-10(2,3)9(11)12-8-6-4-5-7-8;1-8(2,3)7(10)9(4)5-6-9;1-8(2,3)7(9)6-4-5-6;1-5(8)6(9)7(2,3)4;1-7(2,3)10(8,9)6-4-5-6;1-6(2)10(8,9)7(3,4)5;1-5-9-6(8)7(2,3)4;1-7(2,3)6-4-8-5-6;1-5-6(8)7(2,3)4;2*1-5(7)6(2,3)4/h8H,4-7H2,1-3H3;5-6H2,1-4H3;6H,4-5H2,1-3H3;5H,1-4H3;6H,4-5H2,1-3H3;6H,1-5H3;5H2,1-4H3;6H,4-5H2,1-3H3;5H2,1-4H3;2*1-4H3. The number of hydrogen-bond donors (Lipinski definition) is 0. The number of ether oxygens (including phenoxy) is 3. The van der Waals surface area contributed by atoms with Gasteiger partial charge in [0, 0.05) is 56.2 Å². The summed E-state index contributed by atoms with van der Waals surface area (Å²) in [4.78, 5) is 87.6. The van der Waals surface area contributed by atoms with Gasteiger partial charge in [-0.15, -0.1) is 0 Å². The SMILES string of the molecule is CC(=O)C(C)(C)C.CC(=O)C(C)(C)C.CC(C)(C)C(=O)C1(C)CC1.CC(C)(C)C(=O)C1CC1.CC(C)(C)C(=O)OC1CCCC1.CC(C)(C)C1COC1.CC(C)(C)S(=O)(=O)C1CC1.CC(C)S(=O)(=O)C(C)(C)C.CC(F)C(=O)C(C)(C)C.CCC(=O)C(C)(C)C.CCOC(=O)C(C)(C)C. The minimum absolute atomic E-state index is 0.0208. The average Bonchev–Trinajstić information content (AvgIpc) is 1.65. The number of Topliss-reactive ketones (excluding diaryl/α,β-unsaturated/α-hetero) is 6. The van der Waals surface area contributed by atoms with Crippen LogP contribution in [-0.4, -0.2) is 116 Å². The summed E-state index contributed by atoms with van der Waals surface area (Å²) in [7, 11) is -5.72. The Kier molecular flexibility index (Phi) is 46.0. The molecule has 0 N–H and O–H groups in total. The lowest BCUT2D eigenvalue weighted by Crippen LogP contribution is -2.37. The Balaban J connectivity index is -0.000000241. The van der Waals surface area contributed by atoms with Gasteiger partial charge in [-0.25, -0.2) is 21.2 Å². The predicted molar refractivity (Wildman–Crippen MR) is 412 cm³/mol. The lowest BCUT2D eigenvalue weighted by atomic mass is 9.80. The van der Waals surface area contributed by atoms with Crippen LogP contribution in [0.3, 0.4) is 0 Å². The molecule has 5 aliphatic rings. The van der Waals surface area contributed by atoms with Gasteiger partial charge in [0.15, 0.2) is 31.6 Å². The number of esters is 2. The zero-order chi connectivity index (χ0) is 81.1. The van der Waals surface area contributed by atoms with Gasteiger partial charge in [-0.1, -0.05) is 159 Å². The summed E-state index contributed by atoms with van der Waals surface area (Å²) in [5, 5.41) is -0.292. The Bertz CT molecular complexity index is 2550. The molecule has 5 rings (SSSR count). The highest BCUT2D eigenvalue weighted by atomic mass is 32.2. The summed E-state index contributed by atoms with van der Waals surface area (Å²) < 4.78 is 71.8. The van der Waals surface area contributed by atoms with Crippen LogP contribution < -0.4 is 0 Å². The van der Waals surface area contributed by atoms with Crippen molar-refractivity contribution in [3.8, 4) is 0 Å². The third kappa shape index (κ3) is 49.9. The quantitative estimate of drug-likeness (QED) is 0.206. The number of alkyl halides is 1. The molecule has 1 unspecified atom stereocenters.